The van der Waals surface area contributed by atoms with Crippen molar-refractivity contribution in [1.82, 2.24) is 4.90 Å². The van der Waals surface area contributed by atoms with Crippen LogP contribution in [0.5, 0.6) is 0 Å². The van der Waals surface area contributed by atoms with Crippen molar-refractivity contribution in [3.8, 4) is 0 Å². The molecule has 0 unspecified atom stereocenters. The van der Waals surface area contributed by atoms with Gasteiger partial charge in [0.1, 0.15) is 12.2 Å². The molecule has 0 aliphatic carbocycles. The molecular formula is C10H19NO7. The van der Waals surface area contributed by atoms with Gasteiger partial charge in [0.25, 0.3) is 0 Å². The summed E-state index contributed by atoms with van der Waals surface area (Å²) in [5, 5.41) is 46.2. The van der Waals surface area contributed by atoms with Crippen LogP contribution in [0.15, 0.2) is 0 Å². The van der Waals surface area contributed by atoms with Gasteiger partial charge in [-0.3, -0.25) is 4.79 Å². The van der Waals surface area contributed by atoms with Gasteiger partial charge in [-0.25, -0.2) is 4.79 Å². The SMILES string of the molecule is CN(C)C[C@@H](O)[C@@H](O)[C@H](O)[C@H](O)CC(=O)C(=O)O. The van der Waals surface area contributed by atoms with E-state index in [0.29, 0.717) is 0 Å². The number of carboxylic acids is 1. The van der Waals surface area contributed by atoms with Gasteiger partial charge in [-0.2, -0.15) is 0 Å². The standard InChI is InChI=1S/C10H19NO7/c1-11(2)4-7(14)9(16)8(15)5(12)3-6(13)10(17)18/h5,7-9,12,14-16H,3-4H2,1-2H3,(H,17,18)/t5-,7-,8-,9-/m1/s1. The van der Waals surface area contributed by atoms with Gasteiger partial charge in [-0.1, -0.05) is 0 Å². The van der Waals surface area contributed by atoms with Gasteiger partial charge < -0.3 is 30.4 Å². The number of carboxylic acid groups (broad SMARTS) is 1. The van der Waals surface area contributed by atoms with Crippen LogP contribution in [-0.4, -0.2) is 87.2 Å². The zero-order chi connectivity index (χ0) is 14.5. The maximum absolute atomic E-state index is 10.8. The van der Waals surface area contributed by atoms with E-state index in [9.17, 15) is 30.0 Å². The summed E-state index contributed by atoms with van der Waals surface area (Å²) in [5.74, 6) is -3.01. The fourth-order valence-electron chi connectivity index (χ4n) is 1.34. The average molecular weight is 265 g/mol. The minimum atomic E-state index is -1.80. The van der Waals surface area contributed by atoms with Crippen molar-refractivity contribution in [2.75, 3.05) is 20.6 Å². The van der Waals surface area contributed by atoms with E-state index in [1.54, 1.807) is 19.0 Å². The smallest absolute Gasteiger partial charge is 0.372 e. The minimum Gasteiger partial charge on any atom is -0.475 e. The Bertz CT molecular complexity index is 294. The Kier molecular flexibility index (Phi) is 6.96. The van der Waals surface area contributed by atoms with Crippen molar-refractivity contribution in [3.05, 3.63) is 0 Å². The van der Waals surface area contributed by atoms with E-state index >= 15 is 0 Å². The quantitative estimate of drug-likeness (QED) is 0.293. The number of carbonyl (C=O) groups excluding carboxylic acids is 1. The molecule has 0 radical (unpaired) electrons. The van der Waals surface area contributed by atoms with Gasteiger partial charge in [0.2, 0.25) is 5.78 Å². The van der Waals surface area contributed by atoms with E-state index in [0.717, 1.165) is 0 Å². The van der Waals surface area contributed by atoms with Crippen LogP contribution in [0.3, 0.4) is 0 Å². The van der Waals surface area contributed by atoms with Crippen LogP contribution in [0.4, 0.5) is 0 Å². The number of aliphatic hydroxyl groups is 4. The summed E-state index contributed by atoms with van der Waals surface area (Å²) in [5.41, 5.74) is 0. The van der Waals surface area contributed by atoms with Gasteiger partial charge in [-0.05, 0) is 14.1 Å². The third-order valence-corrected chi connectivity index (χ3v) is 2.32. The Morgan fingerprint density at radius 1 is 1.00 bits per heavy atom. The lowest BCUT2D eigenvalue weighted by Gasteiger charge is -2.27. The molecule has 4 atom stereocenters. The monoisotopic (exact) mass is 265 g/mol. The maximum Gasteiger partial charge on any atom is 0.372 e. The zero-order valence-corrected chi connectivity index (χ0v) is 10.2. The highest BCUT2D eigenvalue weighted by molar-refractivity contribution is 6.32. The largest absolute Gasteiger partial charge is 0.475 e. The minimum absolute atomic E-state index is 0.0395. The molecular weight excluding hydrogens is 246 g/mol. The average Bonchev–Trinajstić information content (AvgIpc) is 2.25. The van der Waals surface area contributed by atoms with Crippen LogP contribution in [0.1, 0.15) is 6.42 Å². The van der Waals surface area contributed by atoms with Gasteiger partial charge >= 0.3 is 5.97 Å². The number of likely N-dealkylation sites (N-methyl/N-ethyl adjacent to an activating group) is 1. The number of carbonyl (C=O) groups is 2. The molecule has 8 nitrogen and oxygen atoms in total. The Morgan fingerprint density at radius 2 is 1.44 bits per heavy atom. The predicted octanol–water partition coefficient (Wildman–Crippen LogP) is -2.96. The molecule has 0 saturated carbocycles. The first-order chi connectivity index (χ1) is 8.16. The fraction of sp³-hybridized carbons (Fsp3) is 0.800. The lowest BCUT2D eigenvalue weighted by Crippen LogP contribution is -2.48. The van der Waals surface area contributed by atoms with Gasteiger partial charge in [0, 0.05) is 13.0 Å². The normalized spacial score (nSPS) is 18.2. The van der Waals surface area contributed by atoms with Gasteiger partial charge in [0.15, 0.2) is 0 Å². The number of hydrogen-bond donors (Lipinski definition) is 5. The molecule has 0 aliphatic heterocycles. The highest BCUT2D eigenvalue weighted by atomic mass is 16.4. The molecule has 8 heteroatoms. The first kappa shape index (κ1) is 16.9. The number of ketones is 1. The van der Waals surface area contributed by atoms with E-state index < -0.39 is 42.6 Å². The number of rotatable bonds is 8. The Morgan fingerprint density at radius 3 is 1.83 bits per heavy atom. The first-order valence-electron chi connectivity index (χ1n) is 5.30. The van der Waals surface area contributed by atoms with Crippen molar-refractivity contribution in [1.29, 1.82) is 0 Å². The van der Waals surface area contributed by atoms with Crippen LogP contribution in [0, 0.1) is 0 Å². The van der Waals surface area contributed by atoms with Crippen LogP contribution in [0.25, 0.3) is 0 Å². The van der Waals surface area contributed by atoms with Crippen LogP contribution >= 0.6 is 0 Å². The topological polar surface area (TPSA) is 139 Å². The van der Waals surface area contributed by atoms with Crippen LogP contribution < -0.4 is 0 Å². The third-order valence-electron chi connectivity index (χ3n) is 2.32. The predicted molar refractivity (Wildman–Crippen MR) is 59.8 cm³/mol. The van der Waals surface area contributed by atoms with Crippen molar-refractivity contribution >= 4 is 11.8 Å². The van der Waals surface area contributed by atoms with Gasteiger partial charge in [0.05, 0.1) is 12.2 Å². The Labute approximate surface area is 104 Å². The number of hydrogen-bond acceptors (Lipinski definition) is 7. The second-order valence-electron chi connectivity index (χ2n) is 4.31. The Balaban J connectivity index is 4.39. The Hall–Kier alpha value is -1.06. The second-order valence-corrected chi connectivity index (χ2v) is 4.31. The van der Waals surface area contributed by atoms with Crippen molar-refractivity contribution in [2.45, 2.75) is 30.8 Å². The summed E-state index contributed by atoms with van der Waals surface area (Å²) in [7, 11) is 3.26. The number of aliphatic hydroxyl groups excluding tert-OH is 4. The molecule has 0 aromatic carbocycles. The third kappa shape index (κ3) is 5.52. The molecule has 18 heavy (non-hydrogen) atoms. The highest BCUT2D eigenvalue weighted by Gasteiger charge is 2.32. The van der Waals surface area contributed by atoms with E-state index in [-0.39, 0.29) is 6.54 Å². The van der Waals surface area contributed by atoms with Gasteiger partial charge in [-0.15, -0.1) is 0 Å². The molecule has 0 aromatic rings. The molecule has 5 N–H and O–H groups in total. The van der Waals surface area contributed by atoms with E-state index in [1.165, 1.54) is 0 Å². The number of Topliss-reactive ketones (excluding diaryl/α,β-unsaturated/α-hetero) is 1. The molecule has 0 aliphatic rings. The van der Waals surface area contributed by atoms with E-state index in [4.69, 9.17) is 5.11 Å². The summed E-state index contributed by atoms with van der Waals surface area (Å²) >= 11 is 0. The lowest BCUT2D eigenvalue weighted by atomic mass is 9.99. The summed E-state index contributed by atoms with van der Waals surface area (Å²) in [6, 6.07) is 0. The summed E-state index contributed by atoms with van der Waals surface area (Å²) in [6.07, 6.45) is -7.39. The van der Waals surface area contributed by atoms with Crippen LogP contribution in [0.2, 0.25) is 0 Å². The molecule has 0 aromatic heterocycles. The van der Waals surface area contributed by atoms with E-state index in [2.05, 4.69) is 0 Å². The molecule has 0 heterocycles. The molecule has 106 valence electrons. The van der Waals surface area contributed by atoms with E-state index in [1.807, 2.05) is 0 Å². The molecule has 0 fully saturated rings. The summed E-state index contributed by atoms with van der Waals surface area (Å²) in [6.45, 7) is 0.0395. The van der Waals surface area contributed by atoms with Crippen molar-refractivity contribution in [2.24, 2.45) is 0 Å². The highest BCUT2D eigenvalue weighted by Crippen LogP contribution is 2.09. The molecule has 0 saturated heterocycles. The van der Waals surface area contributed by atoms with Crippen LogP contribution in [-0.2, 0) is 9.59 Å². The summed E-state index contributed by atoms with van der Waals surface area (Å²) in [4.78, 5) is 22.6. The van der Waals surface area contributed by atoms with Crippen molar-refractivity contribution < 1.29 is 35.1 Å². The second kappa shape index (κ2) is 7.39. The fourth-order valence-corrected chi connectivity index (χ4v) is 1.34. The number of aliphatic carboxylic acids is 1. The summed E-state index contributed by atoms with van der Waals surface area (Å²) < 4.78 is 0. The zero-order valence-electron chi connectivity index (χ0n) is 10.2. The number of nitrogens with zero attached hydrogens (tertiary/aromatic N) is 1. The first-order valence-corrected chi connectivity index (χ1v) is 5.30. The molecule has 0 spiro atoms. The van der Waals surface area contributed by atoms with Crippen molar-refractivity contribution in [3.63, 3.8) is 0 Å². The molecule has 0 amide bonds. The maximum atomic E-state index is 10.8. The molecule has 0 bridgehead atoms. The lowest BCUT2D eigenvalue weighted by molar-refractivity contribution is -0.152. The molecule has 0 rings (SSSR count).